The summed E-state index contributed by atoms with van der Waals surface area (Å²) in [5.41, 5.74) is -3.43. The largest absolute Gasteiger partial charge is 0.497 e. The molecule has 0 saturated carbocycles. The van der Waals surface area contributed by atoms with E-state index in [1.54, 1.807) is 60.4 Å². The van der Waals surface area contributed by atoms with E-state index in [1.165, 1.54) is 7.11 Å². The molecule has 1 fully saturated rings. The van der Waals surface area contributed by atoms with Crippen LogP contribution < -0.4 is 15.0 Å². The van der Waals surface area contributed by atoms with E-state index in [-0.39, 0.29) is 25.2 Å². The van der Waals surface area contributed by atoms with Gasteiger partial charge in [0, 0.05) is 37.6 Å². The molecule has 14 heteroatoms. The molecule has 0 aromatic heterocycles. The third kappa shape index (κ3) is 6.87. The average Bonchev–Trinajstić information content (AvgIpc) is 2.97. The van der Waals surface area contributed by atoms with Crippen molar-refractivity contribution < 1.29 is 44.6 Å². The van der Waals surface area contributed by atoms with E-state index in [1.807, 2.05) is 0 Å². The Labute approximate surface area is 253 Å². The molecule has 2 atom stereocenters. The minimum absolute atomic E-state index is 0.0299. The van der Waals surface area contributed by atoms with Gasteiger partial charge in [-0.15, -0.1) is 0 Å². The smallest absolute Gasteiger partial charge is 0.420 e. The molecule has 1 amide bonds. The number of nitrogens with zero attached hydrogens (tertiary/aromatic N) is 2. The fourth-order valence-corrected chi connectivity index (χ4v) is 5.72. The Balaban J connectivity index is 1.51. The number of hydrogen-bond acceptors (Lipinski definition) is 5. The van der Waals surface area contributed by atoms with Crippen molar-refractivity contribution in [1.29, 1.82) is 0 Å². The zero-order valence-corrected chi connectivity index (χ0v) is 24.6. The summed E-state index contributed by atoms with van der Waals surface area (Å²) in [6.45, 7) is 0.430. The van der Waals surface area contributed by atoms with Gasteiger partial charge in [-0.3, -0.25) is 9.69 Å². The van der Waals surface area contributed by atoms with Crippen LogP contribution in [-0.2, 0) is 27.8 Å². The van der Waals surface area contributed by atoms with Crippen molar-refractivity contribution in [1.82, 2.24) is 4.90 Å². The minimum Gasteiger partial charge on any atom is -0.497 e. The topological polar surface area (TPSA) is 82.1 Å². The molecule has 1 saturated heterocycles. The molecule has 3 aromatic carbocycles. The van der Waals surface area contributed by atoms with Gasteiger partial charge in [0.1, 0.15) is 5.75 Å². The fraction of sp³-hybridized carbons (Fsp3) is 0.367. The predicted molar refractivity (Wildman–Crippen MR) is 155 cm³/mol. The van der Waals surface area contributed by atoms with Gasteiger partial charge >= 0.3 is 12.4 Å². The van der Waals surface area contributed by atoms with Crippen molar-refractivity contribution in [2.45, 2.75) is 36.5 Å². The quantitative estimate of drug-likeness (QED) is 0.211. The van der Waals surface area contributed by atoms with Gasteiger partial charge in [0.2, 0.25) is 11.4 Å². The monoisotopic (exact) mass is 643 g/mol. The van der Waals surface area contributed by atoms with E-state index in [0.29, 0.717) is 27.5 Å². The number of methoxy groups -OCH3 is 1. The highest BCUT2D eigenvalue weighted by Crippen LogP contribution is 2.54. The van der Waals surface area contributed by atoms with E-state index < -0.39 is 58.8 Å². The summed E-state index contributed by atoms with van der Waals surface area (Å²) < 4.78 is 113. The third-order valence-corrected chi connectivity index (χ3v) is 8.59. The Kier molecular flexibility index (Phi) is 9.96. The van der Waals surface area contributed by atoms with E-state index in [4.69, 9.17) is 4.74 Å². The lowest BCUT2D eigenvalue weighted by atomic mass is 9.85. The van der Waals surface area contributed by atoms with Gasteiger partial charge in [-0.2, -0.15) is 26.3 Å². The van der Waals surface area contributed by atoms with Crippen LogP contribution in [0.3, 0.4) is 0 Å². The minimum atomic E-state index is -5.70. The lowest BCUT2D eigenvalue weighted by molar-refractivity contribution is -0.349. The van der Waals surface area contributed by atoms with Crippen LogP contribution in [0.2, 0.25) is 0 Å². The molecule has 0 aliphatic carbocycles. The Hall–Kier alpha value is -3.62. The van der Waals surface area contributed by atoms with Crippen LogP contribution in [0.15, 0.2) is 72.8 Å². The molecule has 3 aromatic rings. The number of carbonyl (C=O) groups is 1. The standard InChI is InChI=1S/C30H31F6N3O4S/c1-20(44(41)42)22-5-3-21(4-6-22)19-27(40)37-24-9-7-23(8-10-24)28(29(31,32)33,30(34,35)36)39-17-15-38(16-18-39)25-11-13-26(43-2)14-12-25/h3-14,20H,15-19H2,1-2H3,(H,37,40)(H,41,42). The lowest BCUT2D eigenvalue weighted by Gasteiger charge is -2.49. The van der Waals surface area contributed by atoms with Gasteiger partial charge in [-0.25, -0.2) is 4.21 Å². The van der Waals surface area contributed by atoms with Crippen LogP contribution in [0.25, 0.3) is 0 Å². The number of piperazine rings is 1. The first-order chi connectivity index (χ1) is 20.7. The molecule has 2 unspecified atom stereocenters. The molecule has 238 valence electrons. The van der Waals surface area contributed by atoms with Crippen molar-refractivity contribution >= 4 is 28.4 Å². The summed E-state index contributed by atoms with van der Waals surface area (Å²) in [7, 11) is 1.48. The normalized spacial score (nSPS) is 16.3. The van der Waals surface area contributed by atoms with Gasteiger partial charge in [0.15, 0.2) is 11.1 Å². The summed E-state index contributed by atoms with van der Waals surface area (Å²) in [4.78, 5) is 14.7. The first kappa shape index (κ1) is 33.3. The Bertz CT molecular complexity index is 1430. The first-order valence-electron chi connectivity index (χ1n) is 13.5. The summed E-state index contributed by atoms with van der Waals surface area (Å²) in [5.74, 6) is 0.0271. The van der Waals surface area contributed by atoms with Crippen LogP contribution in [0.4, 0.5) is 37.7 Å². The molecule has 1 heterocycles. The summed E-state index contributed by atoms with van der Waals surface area (Å²) >= 11 is -2.07. The van der Waals surface area contributed by atoms with Gasteiger partial charge in [-0.1, -0.05) is 36.4 Å². The molecule has 1 aliphatic rings. The molecule has 7 nitrogen and oxygen atoms in total. The van der Waals surface area contributed by atoms with Crippen LogP contribution in [-0.4, -0.2) is 65.2 Å². The van der Waals surface area contributed by atoms with Gasteiger partial charge < -0.3 is 19.5 Å². The zero-order valence-electron chi connectivity index (χ0n) is 23.8. The van der Waals surface area contributed by atoms with Gasteiger partial charge in [0.05, 0.1) is 18.8 Å². The number of nitrogens with one attached hydrogen (secondary N) is 1. The summed E-state index contributed by atoms with van der Waals surface area (Å²) in [6, 6.07) is 16.6. The van der Waals surface area contributed by atoms with E-state index in [0.717, 1.165) is 24.3 Å². The molecule has 4 rings (SSSR count). The van der Waals surface area contributed by atoms with Crippen molar-refractivity contribution in [3.63, 3.8) is 0 Å². The highest BCUT2D eigenvalue weighted by molar-refractivity contribution is 7.79. The molecule has 0 spiro atoms. The molecule has 0 bridgehead atoms. The van der Waals surface area contributed by atoms with Crippen molar-refractivity contribution in [2.24, 2.45) is 0 Å². The van der Waals surface area contributed by atoms with Crippen molar-refractivity contribution in [3.8, 4) is 5.75 Å². The second-order valence-electron chi connectivity index (χ2n) is 10.3. The highest BCUT2D eigenvalue weighted by atomic mass is 32.2. The predicted octanol–water partition coefficient (Wildman–Crippen LogP) is 6.30. The maximum Gasteiger partial charge on any atom is 0.420 e. The van der Waals surface area contributed by atoms with Crippen LogP contribution in [0, 0.1) is 0 Å². The van der Waals surface area contributed by atoms with E-state index in [9.17, 15) is 39.9 Å². The highest BCUT2D eigenvalue weighted by Gasteiger charge is 2.74. The summed E-state index contributed by atoms with van der Waals surface area (Å²) in [5, 5.41) is 1.86. The molecule has 1 aliphatic heterocycles. The van der Waals surface area contributed by atoms with Crippen molar-refractivity contribution in [3.05, 3.63) is 89.5 Å². The SMILES string of the molecule is COc1ccc(N2CCN(C(c3ccc(NC(=O)Cc4ccc(C(C)S(=O)O)cc4)cc3)(C(F)(F)F)C(F)(F)F)CC2)cc1. The molecule has 0 radical (unpaired) electrons. The number of rotatable bonds is 9. The van der Waals surface area contributed by atoms with Crippen LogP contribution >= 0.6 is 0 Å². The van der Waals surface area contributed by atoms with E-state index in [2.05, 4.69) is 5.32 Å². The Morgan fingerprint density at radius 1 is 0.886 bits per heavy atom. The fourth-order valence-electron chi connectivity index (χ4n) is 5.33. The molecular formula is C30H31F6N3O4S. The number of halogens is 6. The average molecular weight is 644 g/mol. The number of carbonyl (C=O) groups excluding carboxylic acids is 1. The Morgan fingerprint density at radius 3 is 1.91 bits per heavy atom. The number of benzene rings is 3. The maximum absolute atomic E-state index is 14.6. The Morgan fingerprint density at radius 2 is 1.43 bits per heavy atom. The maximum atomic E-state index is 14.6. The number of amides is 1. The van der Waals surface area contributed by atoms with Gasteiger partial charge in [-0.05, 0) is 60.0 Å². The number of hydrogen-bond donors (Lipinski definition) is 2. The van der Waals surface area contributed by atoms with Crippen LogP contribution in [0.5, 0.6) is 5.75 Å². The second kappa shape index (κ2) is 13.2. The molecular weight excluding hydrogens is 612 g/mol. The van der Waals surface area contributed by atoms with Crippen molar-refractivity contribution in [2.75, 3.05) is 43.5 Å². The van der Waals surface area contributed by atoms with Crippen LogP contribution in [0.1, 0.15) is 28.9 Å². The number of ether oxygens (including phenoxy) is 1. The van der Waals surface area contributed by atoms with E-state index >= 15 is 0 Å². The zero-order chi connectivity index (χ0) is 32.3. The lowest BCUT2D eigenvalue weighted by Crippen LogP contribution is -2.68. The number of alkyl halides is 6. The molecule has 44 heavy (non-hydrogen) atoms. The third-order valence-electron chi connectivity index (χ3n) is 7.71. The second-order valence-corrected chi connectivity index (χ2v) is 11.6. The number of anilines is 2. The first-order valence-corrected chi connectivity index (χ1v) is 14.7. The summed E-state index contributed by atoms with van der Waals surface area (Å²) in [6.07, 6.45) is -11.5. The van der Waals surface area contributed by atoms with Gasteiger partial charge in [0.25, 0.3) is 0 Å². The molecule has 2 N–H and O–H groups in total.